The van der Waals surface area contributed by atoms with Crippen molar-refractivity contribution >= 4 is 23.6 Å². The molecule has 2 aromatic carbocycles. The zero-order chi connectivity index (χ0) is 29.9. The van der Waals surface area contributed by atoms with E-state index >= 15 is 0 Å². The van der Waals surface area contributed by atoms with E-state index in [0.29, 0.717) is 37.3 Å². The summed E-state index contributed by atoms with van der Waals surface area (Å²) in [6.07, 6.45) is 0.847. The van der Waals surface area contributed by atoms with Crippen LogP contribution in [-0.2, 0) is 11.3 Å². The standard InChI is InChI=1S/C29H35FN6O5/c1-29(2,3)41-28(39)35-13-11-18(12-14-35)24-23(31)25(26(32)37)36(34-24)20-8-5-17(6-9-20)16-33-27(38)21-15-19(30)7-10-22(21)40-4/h5-10,15,18H,11-14,16,31H2,1-4H3,(H2,32,37)(H,33,38). The van der Waals surface area contributed by atoms with E-state index in [1.165, 1.54) is 23.9 Å². The van der Waals surface area contributed by atoms with E-state index in [1.54, 1.807) is 29.2 Å². The third-order valence-electron chi connectivity index (χ3n) is 6.76. The predicted molar refractivity (Wildman–Crippen MR) is 150 cm³/mol. The molecule has 0 unspecified atom stereocenters. The molecule has 1 aromatic heterocycles. The zero-order valence-electron chi connectivity index (χ0n) is 23.6. The number of primary amides is 1. The van der Waals surface area contributed by atoms with Gasteiger partial charge in [-0.1, -0.05) is 12.1 Å². The van der Waals surface area contributed by atoms with Crippen LogP contribution in [0.3, 0.4) is 0 Å². The monoisotopic (exact) mass is 566 g/mol. The third kappa shape index (κ3) is 6.76. The first-order valence-electron chi connectivity index (χ1n) is 13.2. The van der Waals surface area contributed by atoms with Gasteiger partial charge in [0.25, 0.3) is 11.8 Å². The number of methoxy groups -OCH3 is 1. The Balaban J connectivity index is 1.47. The number of piperidine rings is 1. The quantitative estimate of drug-likeness (QED) is 0.393. The van der Waals surface area contributed by atoms with Gasteiger partial charge in [0.05, 0.1) is 29.7 Å². The van der Waals surface area contributed by atoms with Crippen LogP contribution in [0.25, 0.3) is 5.69 Å². The summed E-state index contributed by atoms with van der Waals surface area (Å²) in [5.74, 6) is -1.54. The highest BCUT2D eigenvalue weighted by molar-refractivity contribution is 5.98. The number of anilines is 1. The number of likely N-dealkylation sites (tertiary alicyclic amines) is 1. The summed E-state index contributed by atoms with van der Waals surface area (Å²) in [6, 6.07) is 10.7. The fourth-order valence-electron chi connectivity index (χ4n) is 4.72. The molecule has 0 spiro atoms. The largest absolute Gasteiger partial charge is 0.496 e. The molecule has 1 aliphatic heterocycles. The summed E-state index contributed by atoms with van der Waals surface area (Å²) in [5.41, 5.74) is 13.7. The van der Waals surface area contributed by atoms with Crippen LogP contribution in [0.4, 0.5) is 14.9 Å². The van der Waals surface area contributed by atoms with Crippen molar-refractivity contribution in [1.29, 1.82) is 0 Å². The number of amides is 3. The topological polar surface area (TPSA) is 155 Å². The van der Waals surface area contributed by atoms with Crippen molar-refractivity contribution < 1.29 is 28.2 Å². The Labute approximate surface area is 237 Å². The van der Waals surface area contributed by atoms with Gasteiger partial charge >= 0.3 is 6.09 Å². The molecule has 11 nitrogen and oxygen atoms in total. The van der Waals surface area contributed by atoms with Crippen molar-refractivity contribution in [3.8, 4) is 11.4 Å². The number of nitrogens with zero attached hydrogens (tertiary/aromatic N) is 3. The maximum absolute atomic E-state index is 13.6. The SMILES string of the molecule is COc1ccc(F)cc1C(=O)NCc1ccc(-n2nc(C3CCN(C(=O)OC(C)(C)C)CC3)c(N)c2C(N)=O)cc1. The van der Waals surface area contributed by atoms with Crippen molar-refractivity contribution in [1.82, 2.24) is 20.0 Å². The van der Waals surface area contributed by atoms with E-state index in [0.717, 1.165) is 11.6 Å². The normalized spacial score (nSPS) is 14.0. The summed E-state index contributed by atoms with van der Waals surface area (Å²) < 4.78 is 25.7. The van der Waals surface area contributed by atoms with Crippen molar-refractivity contribution in [3.05, 3.63) is 70.8 Å². The predicted octanol–water partition coefficient (Wildman–Crippen LogP) is 3.75. The van der Waals surface area contributed by atoms with Gasteiger partial charge in [-0.25, -0.2) is 13.9 Å². The molecule has 41 heavy (non-hydrogen) atoms. The van der Waals surface area contributed by atoms with Gasteiger partial charge < -0.3 is 31.2 Å². The molecule has 218 valence electrons. The zero-order valence-corrected chi connectivity index (χ0v) is 23.6. The van der Waals surface area contributed by atoms with E-state index in [2.05, 4.69) is 10.4 Å². The lowest BCUT2D eigenvalue weighted by atomic mass is 9.92. The second-order valence-electron chi connectivity index (χ2n) is 10.9. The molecular formula is C29H35FN6O5. The third-order valence-corrected chi connectivity index (χ3v) is 6.76. The lowest BCUT2D eigenvalue weighted by Gasteiger charge is -2.33. The summed E-state index contributed by atoms with van der Waals surface area (Å²) >= 11 is 0. The molecule has 5 N–H and O–H groups in total. The van der Waals surface area contributed by atoms with Crippen LogP contribution in [0.15, 0.2) is 42.5 Å². The molecular weight excluding hydrogens is 531 g/mol. The number of nitrogens with two attached hydrogens (primary N) is 2. The van der Waals surface area contributed by atoms with Gasteiger partial charge in [0.1, 0.15) is 17.2 Å². The first kappa shape index (κ1) is 29.4. The Morgan fingerprint density at radius 3 is 2.34 bits per heavy atom. The minimum atomic E-state index is -0.715. The molecule has 0 bridgehead atoms. The van der Waals surface area contributed by atoms with Gasteiger partial charge in [-0.15, -0.1) is 0 Å². The number of benzene rings is 2. The number of nitrogen functional groups attached to an aromatic ring is 1. The van der Waals surface area contributed by atoms with Gasteiger partial charge in [0.2, 0.25) is 0 Å². The molecule has 3 aromatic rings. The number of ether oxygens (including phenoxy) is 2. The second-order valence-corrected chi connectivity index (χ2v) is 10.9. The number of aromatic nitrogens is 2. The molecule has 1 fully saturated rings. The number of halogens is 1. The smallest absolute Gasteiger partial charge is 0.410 e. The van der Waals surface area contributed by atoms with Gasteiger partial charge in [0, 0.05) is 25.6 Å². The number of carbonyl (C=O) groups is 3. The van der Waals surface area contributed by atoms with Crippen molar-refractivity contribution in [2.24, 2.45) is 5.73 Å². The van der Waals surface area contributed by atoms with Crippen LogP contribution in [0.1, 0.15) is 71.6 Å². The average Bonchev–Trinajstić information content (AvgIpc) is 3.28. The second kappa shape index (κ2) is 11.9. The molecule has 12 heteroatoms. The van der Waals surface area contributed by atoms with Crippen LogP contribution >= 0.6 is 0 Å². The maximum Gasteiger partial charge on any atom is 0.410 e. The van der Waals surface area contributed by atoms with Crippen LogP contribution < -0.4 is 21.5 Å². The highest BCUT2D eigenvalue weighted by Gasteiger charge is 2.32. The molecule has 0 saturated carbocycles. The van der Waals surface area contributed by atoms with Crippen LogP contribution in [0.5, 0.6) is 5.75 Å². The van der Waals surface area contributed by atoms with E-state index in [-0.39, 0.29) is 41.3 Å². The molecule has 0 atom stereocenters. The Hall–Kier alpha value is -4.61. The minimum absolute atomic E-state index is 0.0673. The van der Waals surface area contributed by atoms with Gasteiger partial charge in [-0.05, 0) is 69.5 Å². The van der Waals surface area contributed by atoms with Crippen LogP contribution in [-0.4, -0.2) is 58.4 Å². The lowest BCUT2D eigenvalue weighted by molar-refractivity contribution is 0.0204. The number of carbonyl (C=O) groups excluding carboxylic acids is 3. The molecule has 1 saturated heterocycles. The average molecular weight is 567 g/mol. The number of nitrogens with one attached hydrogen (secondary N) is 1. The summed E-state index contributed by atoms with van der Waals surface area (Å²) in [5, 5.41) is 7.41. The van der Waals surface area contributed by atoms with Gasteiger partial charge in [-0.3, -0.25) is 9.59 Å². The van der Waals surface area contributed by atoms with Gasteiger partial charge in [-0.2, -0.15) is 5.10 Å². The molecule has 0 aliphatic carbocycles. The van der Waals surface area contributed by atoms with Crippen molar-refractivity contribution in [2.45, 2.75) is 51.7 Å². The lowest BCUT2D eigenvalue weighted by Crippen LogP contribution is -2.41. The Bertz CT molecular complexity index is 1440. The molecule has 1 aliphatic rings. The molecule has 4 rings (SSSR count). The first-order valence-corrected chi connectivity index (χ1v) is 13.2. The Morgan fingerprint density at radius 1 is 1.10 bits per heavy atom. The molecule has 0 radical (unpaired) electrons. The Morgan fingerprint density at radius 2 is 1.76 bits per heavy atom. The maximum atomic E-state index is 13.6. The highest BCUT2D eigenvalue weighted by atomic mass is 19.1. The highest BCUT2D eigenvalue weighted by Crippen LogP contribution is 2.34. The molecule has 3 amide bonds. The van der Waals surface area contributed by atoms with Crippen LogP contribution in [0, 0.1) is 5.82 Å². The number of rotatable bonds is 7. The fraction of sp³-hybridized carbons (Fsp3) is 0.379. The Kier molecular flexibility index (Phi) is 8.50. The summed E-state index contributed by atoms with van der Waals surface area (Å²) in [4.78, 5) is 39.1. The van der Waals surface area contributed by atoms with E-state index in [4.69, 9.17) is 20.9 Å². The van der Waals surface area contributed by atoms with E-state index < -0.39 is 23.2 Å². The summed E-state index contributed by atoms with van der Waals surface area (Å²) in [6.45, 7) is 6.58. The van der Waals surface area contributed by atoms with Crippen molar-refractivity contribution in [2.75, 3.05) is 25.9 Å². The minimum Gasteiger partial charge on any atom is -0.496 e. The van der Waals surface area contributed by atoms with E-state index in [1.807, 2.05) is 20.8 Å². The number of hydrogen-bond acceptors (Lipinski definition) is 7. The summed E-state index contributed by atoms with van der Waals surface area (Å²) in [7, 11) is 1.41. The number of hydrogen-bond donors (Lipinski definition) is 3. The van der Waals surface area contributed by atoms with Gasteiger partial charge in [0.15, 0.2) is 5.69 Å². The van der Waals surface area contributed by atoms with E-state index in [9.17, 15) is 18.8 Å². The molecule has 2 heterocycles. The first-order chi connectivity index (χ1) is 19.4. The van der Waals surface area contributed by atoms with Crippen LogP contribution in [0.2, 0.25) is 0 Å². The van der Waals surface area contributed by atoms with Crippen molar-refractivity contribution in [3.63, 3.8) is 0 Å². The fourth-order valence-corrected chi connectivity index (χ4v) is 4.72.